The molecule has 0 bridgehead atoms. The molecule has 3 fully saturated rings. The maximum Gasteiger partial charge on any atom is 0.573 e. The van der Waals surface area contributed by atoms with E-state index in [9.17, 15) is 46.6 Å². The van der Waals surface area contributed by atoms with Gasteiger partial charge >= 0.3 is 12.5 Å². The van der Waals surface area contributed by atoms with Gasteiger partial charge < -0.3 is 14.6 Å². The highest BCUT2D eigenvalue weighted by atomic mass is 35.5. The normalized spacial score (nSPS) is 31.0. The highest BCUT2D eigenvalue weighted by molar-refractivity contribution is 6.58. The van der Waals surface area contributed by atoms with Crippen LogP contribution in [0.4, 0.5) is 28.0 Å². The van der Waals surface area contributed by atoms with Crippen molar-refractivity contribution in [3.8, 4) is 11.5 Å². The van der Waals surface area contributed by atoms with Gasteiger partial charge in [-0.1, -0.05) is 11.6 Å². The molecule has 236 valence electrons. The van der Waals surface area contributed by atoms with Gasteiger partial charge in [0.1, 0.15) is 17.3 Å². The number of amides is 5. The fraction of sp³-hybridized carbons (Fsp3) is 0.345. The first-order chi connectivity index (χ1) is 21.0. The number of nitrogens with zero attached hydrogens (tertiary/aromatic N) is 2. The number of methoxy groups -OCH3 is 1. The Morgan fingerprint density at radius 2 is 1.67 bits per heavy atom. The van der Waals surface area contributed by atoms with Crippen LogP contribution in [0.3, 0.4) is 0 Å². The molecule has 2 aromatic rings. The molecule has 2 aliphatic heterocycles. The first-order valence-corrected chi connectivity index (χ1v) is 14.1. The van der Waals surface area contributed by atoms with Crippen LogP contribution in [-0.4, -0.2) is 62.9 Å². The second kappa shape index (κ2) is 10.2. The maximum absolute atomic E-state index is 14.3. The van der Waals surface area contributed by atoms with Gasteiger partial charge in [-0.15, -0.1) is 36.4 Å². The van der Waals surface area contributed by atoms with Crippen LogP contribution >= 0.6 is 23.2 Å². The molecule has 0 aromatic heterocycles. The lowest BCUT2D eigenvalue weighted by molar-refractivity contribution is -0.274. The highest BCUT2D eigenvalue weighted by Crippen LogP contribution is 2.66. The van der Waals surface area contributed by atoms with Gasteiger partial charge in [-0.3, -0.25) is 19.2 Å². The standard InChI is InChI=1S/C29H20Cl2F4N2O8/c1-44-26(43)37-22(39)16-8-7-15-18(20(16)23(37)40)11-27(30)24(41)36(13-4-2-12(32)3-5-13)25(42)28(27,31)21(15)17-10-14(6-9-19(17)38)45-29(33,34)35/h2-7,9-10,16,18,20-21,38H,8,11H2,1H3/t16-,18+,20-,21+,27+,28-/m0/s1. The van der Waals surface area contributed by atoms with Gasteiger partial charge in [0.25, 0.3) is 11.8 Å². The molecule has 0 unspecified atom stereocenters. The van der Waals surface area contributed by atoms with Crippen molar-refractivity contribution in [1.29, 1.82) is 0 Å². The third kappa shape index (κ3) is 4.32. The van der Waals surface area contributed by atoms with Crippen molar-refractivity contribution in [2.75, 3.05) is 12.0 Å². The number of carbonyl (C=O) groups excluding carboxylic acids is 5. The molecule has 2 aromatic carbocycles. The third-order valence-electron chi connectivity index (χ3n) is 8.80. The number of benzene rings is 2. The van der Waals surface area contributed by atoms with Crippen LogP contribution in [0.1, 0.15) is 24.3 Å². The van der Waals surface area contributed by atoms with Crippen LogP contribution < -0.4 is 9.64 Å². The number of carbonyl (C=O) groups is 5. The largest absolute Gasteiger partial charge is 0.573 e. The molecule has 2 saturated heterocycles. The number of alkyl halides is 5. The number of hydrogen-bond donors (Lipinski definition) is 1. The average molecular weight is 671 g/mol. The summed E-state index contributed by atoms with van der Waals surface area (Å²) < 4.78 is 61.9. The number of rotatable bonds is 3. The molecule has 1 saturated carbocycles. The zero-order valence-corrected chi connectivity index (χ0v) is 24.3. The van der Waals surface area contributed by atoms with Crippen LogP contribution in [0.2, 0.25) is 0 Å². The number of anilines is 1. The number of phenolic OH excluding ortho intramolecular Hbond substituents is 1. The molecule has 10 nitrogen and oxygen atoms in total. The van der Waals surface area contributed by atoms with E-state index in [2.05, 4.69) is 9.47 Å². The molecule has 6 atom stereocenters. The first kappa shape index (κ1) is 30.8. The number of aromatic hydroxyl groups is 1. The van der Waals surface area contributed by atoms with Crippen molar-refractivity contribution in [1.82, 2.24) is 4.90 Å². The summed E-state index contributed by atoms with van der Waals surface area (Å²) >= 11 is 14.2. The number of hydrogen-bond acceptors (Lipinski definition) is 8. The molecule has 4 aliphatic rings. The number of allylic oxidation sites excluding steroid dienone is 2. The van der Waals surface area contributed by atoms with Crippen LogP contribution in [0.15, 0.2) is 54.1 Å². The van der Waals surface area contributed by atoms with E-state index in [0.717, 1.165) is 49.6 Å². The van der Waals surface area contributed by atoms with Crippen molar-refractivity contribution in [2.45, 2.75) is 34.9 Å². The summed E-state index contributed by atoms with van der Waals surface area (Å²) in [7, 11) is 0.965. The van der Waals surface area contributed by atoms with Gasteiger partial charge in [-0.2, -0.15) is 4.90 Å². The Kier molecular flexibility index (Phi) is 6.97. The zero-order valence-electron chi connectivity index (χ0n) is 22.8. The number of fused-ring (bicyclic) bond motifs is 4. The van der Waals surface area contributed by atoms with E-state index in [1.54, 1.807) is 0 Å². The average Bonchev–Trinajstić information content (AvgIpc) is 3.31. The summed E-state index contributed by atoms with van der Waals surface area (Å²) in [4.78, 5) is 63.4. The van der Waals surface area contributed by atoms with Gasteiger partial charge in [-0.25, -0.2) is 14.1 Å². The van der Waals surface area contributed by atoms with Crippen LogP contribution in [0.25, 0.3) is 0 Å². The molecular formula is C29H20Cl2F4N2O8. The predicted octanol–water partition coefficient (Wildman–Crippen LogP) is 4.76. The summed E-state index contributed by atoms with van der Waals surface area (Å²) in [5.41, 5.74) is -0.399. The Labute approximate surface area is 261 Å². The van der Waals surface area contributed by atoms with E-state index >= 15 is 0 Å². The quantitative estimate of drug-likeness (QED) is 0.214. The second-order valence-corrected chi connectivity index (χ2v) is 12.2. The molecule has 0 radical (unpaired) electrons. The topological polar surface area (TPSA) is 131 Å². The molecule has 1 N–H and O–H groups in total. The fourth-order valence-electron chi connectivity index (χ4n) is 6.98. The number of imide groups is 4. The van der Waals surface area contributed by atoms with Gasteiger partial charge in [0.2, 0.25) is 11.8 Å². The van der Waals surface area contributed by atoms with Crippen molar-refractivity contribution in [3.63, 3.8) is 0 Å². The molecular weight excluding hydrogens is 651 g/mol. The van der Waals surface area contributed by atoms with Crippen molar-refractivity contribution in [2.24, 2.45) is 17.8 Å². The smallest absolute Gasteiger partial charge is 0.508 e. The minimum atomic E-state index is -5.15. The number of likely N-dealkylation sites (tertiary alicyclic amines) is 1. The lowest BCUT2D eigenvalue weighted by Crippen LogP contribution is -2.60. The Bertz CT molecular complexity index is 1720. The van der Waals surface area contributed by atoms with Gasteiger partial charge in [0.15, 0.2) is 9.75 Å². The third-order valence-corrected chi connectivity index (χ3v) is 10.2. The van der Waals surface area contributed by atoms with Gasteiger partial charge in [0, 0.05) is 11.5 Å². The van der Waals surface area contributed by atoms with Crippen LogP contribution in [0, 0.1) is 23.6 Å². The molecule has 6 rings (SSSR count). The van der Waals surface area contributed by atoms with Crippen molar-refractivity contribution < 1.29 is 56.1 Å². The number of halogens is 6. The van der Waals surface area contributed by atoms with E-state index in [4.69, 9.17) is 23.2 Å². The minimum Gasteiger partial charge on any atom is -0.508 e. The summed E-state index contributed by atoms with van der Waals surface area (Å²) in [5.74, 6) is -11.5. The molecule has 16 heteroatoms. The van der Waals surface area contributed by atoms with E-state index in [1.807, 2.05) is 0 Å². The van der Waals surface area contributed by atoms with Gasteiger partial charge in [0.05, 0.1) is 24.6 Å². The molecule has 5 amide bonds. The highest BCUT2D eigenvalue weighted by Gasteiger charge is 2.77. The van der Waals surface area contributed by atoms with Crippen molar-refractivity contribution >= 4 is 58.6 Å². The molecule has 45 heavy (non-hydrogen) atoms. The SMILES string of the molecule is COC(=O)N1C(=O)[C@H]2[C@H](CC=C3[C@H]2C[C@@]2(Cl)C(=O)N(c4ccc(F)cc4)C(=O)[C@@]2(Cl)[C@H]3c2cc(OC(F)(F)F)ccc2O)C1=O. The van der Waals surface area contributed by atoms with Crippen molar-refractivity contribution in [3.05, 3.63) is 65.5 Å². The van der Waals surface area contributed by atoms with Crippen LogP contribution in [-0.2, 0) is 23.9 Å². The fourth-order valence-corrected chi connectivity index (χ4v) is 7.90. The van der Waals surface area contributed by atoms with E-state index in [-0.39, 0.29) is 17.7 Å². The Morgan fingerprint density at radius 3 is 2.29 bits per heavy atom. The Morgan fingerprint density at radius 1 is 1.00 bits per heavy atom. The van der Waals surface area contributed by atoms with E-state index < -0.39 is 98.8 Å². The molecule has 2 aliphatic carbocycles. The van der Waals surface area contributed by atoms with Crippen LogP contribution in [0.5, 0.6) is 11.5 Å². The number of phenols is 1. The summed E-state index contributed by atoms with van der Waals surface area (Å²) in [6.07, 6.45) is -5.65. The summed E-state index contributed by atoms with van der Waals surface area (Å²) in [5, 5.41) is 11.0. The number of ether oxygens (including phenoxy) is 2. The monoisotopic (exact) mass is 670 g/mol. The summed E-state index contributed by atoms with van der Waals surface area (Å²) in [6.45, 7) is 0. The summed E-state index contributed by atoms with van der Waals surface area (Å²) in [6, 6.07) is 6.63. The predicted molar refractivity (Wildman–Crippen MR) is 146 cm³/mol. The molecule has 2 heterocycles. The second-order valence-electron chi connectivity index (χ2n) is 11.0. The Hall–Kier alpha value is -4.17. The van der Waals surface area contributed by atoms with E-state index in [1.165, 1.54) is 6.08 Å². The van der Waals surface area contributed by atoms with E-state index in [0.29, 0.717) is 9.80 Å². The Balaban J connectivity index is 1.57. The lowest BCUT2D eigenvalue weighted by atomic mass is 9.56. The lowest BCUT2D eigenvalue weighted by Gasteiger charge is -2.50. The minimum absolute atomic E-state index is 0.122. The maximum atomic E-state index is 14.3. The first-order valence-electron chi connectivity index (χ1n) is 13.3. The zero-order chi connectivity index (χ0) is 32.8. The van der Waals surface area contributed by atoms with Gasteiger partial charge in [-0.05, 0) is 61.2 Å². The molecule has 0 spiro atoms.